The fraction of sp³-hybridized carbons (Fsp3) is 0.467. The van der Waals surface area contributed by atoms with Gasteiger partial charge in [-0.25, -0.2) is 9.18 Å². The molecule has 0 bridgehead atoms. The van der Waals surface area contributed by atoms with Gasteiger partial charge in [-0.1, -0.05) is 0 Å². The monoisotopic (exact) mass is 294 g/mol. The predicted molar refractivity (Wildman–Crippen MR) is 76.8 cm³/mol. The number of benzene rings is 1. The molecular weight excluding hydrogens is 275 g/mol. The van der Waals surface area contributed by atoms with Crippen molar-refractivity contribution in [3.05, 3.63) is 29.6 Å². The molecule has 21 heavy (non-hydrogen) atoms. The Morgan fingerprint density at radius 3 is 2.71 bits per heavy atom. The number of carboxylic acid groups (broad SMARTS) is 1. The second-order valence-electron chi connectivity index (χ2n) is 5.28. The molecule has 1 saturated heterocycles. The van der Waals surface area contributed by atoms with Crippen LogP contribution in [0.4, 0.5) is 10.1 Å². The van der Waals surface area contributed by atoms with E-state index in [1.165, 1.54) is 6.07 Å². The molecule has 5 nitrogen and oxygen atoms in total. The third-order valence-corrected chi connectivity index (χ3v) is 3.73. The fourth-order valence-electron chi connectivity index (χ4n) is 2.47. The highest BCUT2D eigenvalue weighted by Crippen LogP contribution is 2.20. The lowest BCUT2D eigenvalue weighted by molar-refractivity contribution is -0.116. The minimum absolute atomic E-state index is 0.0509. The van der Waals surface area contributed by atoms with Gasteiger partial charge in [0.25, 0.3) is 0 Å². The van der Waals surface area contributed by atoms with E-state index in [9.17, 15) is 14.0 Å². The van der Waals surface area contributed by atoms with Crippen LogP contribution >= 0.6 is 0 Å². The molecule has 1 aromatic rings. The molecule has 1 heterocycles. The van der Waals surface area contributed by atoms with E-state index in [0.29, 0.717) is 12.3 Å². The van der Waals surface area contributed by atoms with Crippen LogP contribution in [0.25, 0.3) is 0 Å². The summed E-state index contributed by atoms with van der Waals surface area (Å²) in [6.07, 6.45) is 3.20. The maximum Gasteiger partial charge on any atom is 0.335 e. The molecule has 3 N–H and O–H groups in total. The van der Waals surface area contributed by atoms with Gasteiger partial charge in [0.05, 0.1) is 11.3 Å². The highest BCUT2D eigenvalue weighted by Gasteiger charge is 2.16. The van der Waals surface area contributed by atoms with Gasteiger partial charge in [0.2, 0.25) is 5.91 Å². The van der Waals surface area contributed by atoms with Crippen molar-refractivity contribution in [2.45, 2.75) is 25.7 Å². The van der Waals surface area contributed by atoms with Crippen molar-refractivity contribution < 1.29 is 19.1 Å². The molecule has 1 aliphatic rings. The lowest BCUT2D eigenvalue weighted by Crippen LogP contribution is -2.28. The summed E-state index contributed by atoms with van der Waals surface area (Å²) in [5.41, 5.74) is -0.129. The Morgan fingerprint density at radius 2 is 2.05 bits per heavy atom. The Morgan fingerprint density at radius 1 is 1.33 bits per heavy atom. The molecule has 0 radical (unpaired) electrons. The van der Waals surface area contributed by atoms with Gasteiger partial charge in [-0.2, -0.15) is 0 Å². The van der Waals surface area contributed by atoms with Gasteiger partial charge in [-0.15, -0.1) is 0 Å². The third-order valence-electron chi connectivity index (χ3n) is 3.73. The number of carbonyl (C=O) groups is 2. The Labute approximate surface area is 122 Å². The van der Waals surface area contributed by atoms with E-state index in [-0.39, 0.29) is 17.2 Å². The van der Waals surface area contributed by atoms with Crippen molar-refractivity contribution >= 4 is 17.6 Å². The molecule has 0 atom stereocenters. The highest BCUT2D eigenvalue weighted by atomic mass is 19.1. The maximum atomic E-state index is 13.6. The van der Waals surface area contributed by atoms with Gasteiger partial charge >= 0.3 is 5.97 Å². The number of carboxylic acids is 1. The quantitative estimate of drug-likeness (QED) is 0.778. The molecule has 0 spiro atoms. The molecule has 0 aliphatic carbocycles. The summed E-state index contributed by atoms with van der Waals surface area (Å²) in [4.78, 5) is 22.7. The number of anilines is 1. The molecule has 1 fully saturated rings. The molecule has 1 aromatic carbocycles. The fourth-order valence-corrected chi connectivity index (χ4v) is 2.47. The van der Waals surface area contributed by atoms with Crippen molar-refractivity contribution in [2.24, 2.45) is 5.92 Å². The predicted octanol–water partition coefficient (Wildman–Crippen LogP) is 2.24. The summed E-state index contributed by atoms with van der Waals surface area (Å²) in [5, 5.41) is 14.6. The van der Waals surface area contributed by atoms with Gasteiger partial charge in [0, 0.05) is 6.42 Å². The van der Waals surface area contributed by atoms with Crippen LogP contribution in [0.15, 0.2) is 18.2 Å². The van der Waals surface area contributed by atoms with Crippen LogP contribution in [0, 0.1) is 11.7 Å². The number of hydrogen-bond acceptors (Lipinski definition) is 3. The van der Waals surface area contributed by atoms with E-state index in [4.69, 9.17) is 5.11 Å². The Balaban J connectivity index is 1.89. The average molecular weight is 294 g/mol. The minimum Gasteiger partial charge on any atom is -0.478 e. The number of nitrogens with one attached hydrogen (secondary N) is 2. The van der Waals surface area contributed by atoms with Crippen molar-refractivity contribution in [1.82, 2.24) is 5.32 Å². The van der Waals surface area contributed by atoms with E-state index in [1.54, 1.807) is 0 Å². The second-order valence-corrected chi connectivity index (χ2v) is 5.28. The first-order valence-electron chi connectivity index (χ1n) is 7.09. The van der Waals surface area contributed by atoms with Gasteiger partial charge in [0.1, 0.15) is 5.82 Å². The summed E-state index contributed by atoms with van der Waals surface area (Å²) in [7, 11) is 0. The zero-order valence-electron chi connectivity index (χ0n) is 11.7. The van der Waals surface area contributed by atoms with Crippen LogP contribution in [-0.2, 0) is 4.79 Å². The summed E-state index contributed by atoms with van der Waals surface area (Å²) < 4.78 is 13.6. The van der Waals surface area contributed by atoms with Crippen molar-refractivity contribution in [2.75, 3.05) is 18.4 Å². The molecular formula is C15H19FN2O3. The molecule has 1 amide bonds. The lowest BCUT2D eigenvalue weighted by atomic mass is 9.93. The Kier molecular flexibility index (Phi) is 5.27. The number of hydrogen-bond donors (Lipinski definition) is 3. The highest BCUT2D eigenvalue weighted by molar-refractivity contribution is 5.94. The normalized spacial score (nSPS) is 15.7. The largest absolute Gasteiger partial charge is 0.478 e. The number of amides is 1. The minimum atomic E-state index is -1.15. The summed E-state index contributed by atoms with van der Waals surface area (Å²) >= 11 is 0. The third kappa shape index (κ3) is 4.53. The van der Waals surface area contributed by atoms with Crippen LogP contribution in [-0.4, -0.2) is 30.1 Å². The van der Waals surface area contributed by atoms with Gasteiger partial charge in [-0.3, -0.25) is 4.79 Å². The van der Waals surface area contributed by atoms with Crippen LogP contribution in [0.1, 0.15) is 36.0 Å². The molecule has 0 saturated carbocycles. The lowest BCUT2D eigenvalue weighted by Gasteiger charge is -2.22. The van der Waals surface area contributed by atoms with Crippen LogP contribution in [0.2, 0.25) is 0 Å². The number of rotatable bonds is 5. The standard InChI is InChI=1S/C15H19FN2O3/c16-12-3-2-11(15(20)21)9-13(12)18-14(19)4-1-10-5-7-17-8-6-10/h2-3,9-10,17H,1,4-8H2,(H,18,19)(H,20,21). The smallest absolute Gasteiger partial charge is 0.335 e. The number of halogens is 1. The zero-order chi connectivity index (χ0) is 15.2. The van der Waals surface area contributed by atoms with Crippen molar-refractivity contribution in [3.8, 4) is 0 Å². The Hall–Kier alpha value is -1.95. The number of aromatic carboxylic acids is 1. The second kappa shape index (κ2) is 7.17. The molecule has 114 valence electrons. The van der Waals surface area contributed by atoms with Crippen LogP contribution in [0.3, 0.4) is 0 Å². The topological polar surface area (TPSA) is 78.4 Å². The van der Waals surface area contributed by atoms with E-state index in [0.717, 1.165) is 44.5 Å². The summed E-state index contributed by atoms with van der Waals surface area (Å²) in [5.74, 6) is -1.54. The van der Waals surface area contributed by atoms with E-state index in [2.05, 4.69) is 10.6 Å². The summed E-state index contributed by atoms with van der Waals surface area (Å²) in [6.45, 7) is 1.95. The first kappa shape index (κ1) is 15.4. The Bertz CT molecular complexity index is 528. The van der Waals surface area contributed by atoms with Crippen molar-refractivity contribution in [1.29, 1.82) is 0 Å². The van der Waals surface area contributed by atoms with Gasteiger partial charge < -0.3 is 15.7 Å². The van der Waals surface area contributed by atoms with Crippen molar-refractivity contribution in [3.63, 3.8) is 0 Å². The van der Waals surface area contributed by atoms with Gasteiger partial charge in [-0.05, 0) is 56.5 Å². The van der Waals surface area contributed by atoms with Gasteiger partial charge in [0.15, 0.2) is 0 Å². The maximum absolute atomic E-state index is 13.6. The van der Waals surface area contributed by atoms with Crippen LogP contribution in [0.5, 0.6) is 0 Å². The zero-order valence-corrected chi connectivity index (χ0v) is 11.7. The molecule has 0 unspecified atom stereocenters. The van der Waals surface area contributed by atoms with Crippen LogP contribution < -0.4 is 10.6 Å². The van der Waals surface area contributed by atoms with E-state index >= 15 is 0 Å². The molecule has 0 aromatic heterocycles. The summed E-state index contributed by atoms with van der Waals surface area (Å²) in [6, 6.07) is 3.36. The van der Waals surface area contributed by atoms with E-state index < -0.39 is 11.8 Å². The van der Waals surface area contributed by atoms with E-state index in [1.807, 2.05) is 0 Å². The SMILES string of the molecule is O=C(CCC1CCNCC1)Nc1cc(C(=O)O)ccc1F. The molecule has 2 rings (SSSR count). The number of piperidine rings is 1. The number of carbonyl (C=O) groups excluding carboxylic acids is 1. The average Bonchev–Trinajstić information content (AvgIpc) is 2.48. The molecule has 1 aliphatic heterocycles. The first-order valence-corrected chi connectivity index (χ1v) is 7.09. The first-order chi connectivity index (χ1) is 10.1. The molecule has 6 heteroatoms.